The predicted octanol–water partition coefficient (Wildman–Crippen LogP) is 1.50. The number of ether oxygens (including phenoxy) is 2. The normalized spacial score (nSPS) is 14.1. The Morgan fingerprint density at radius 2 is 1.92 bits per heavy atom. The average molecular weight is 165 g/mol. The van der Waals surface area contributed by atoms with E-state index in [1.165, 1.54) is 0 Å². The van der Waals surface area contributed by atoms with Crippen LogP contribution in [0.1, 0.15) is 0 Å². The van der Waals surface area contributed by atoms with E-state index in [1.807, 2.05) is 25.2 Å². The van der Waals surface area contributed by atoms with Gasteiger partial charge < -0.3 is 14.8 Å². The third kappa shape index (κ3) is 1.18. The van der Waals surface area contributed by atoms with E-state index in [0.29, 0.717) is 13.2 Å². The number of hydrogen-bond acceptors (Lipinski definition) is 3. The van der Waals surface area contributed by atoms with E-state index < -0.39 is 0 Å². The molecule has 1 aromatic rings. The summed E-state index contributed by atoms with van der Waals surface area (Å²) in [7, 11) is 1.88. The molecular weight excluding hydrogens is 154 g/mol. The number of anilines is 1. The molecule has 3 heteroatoms. The number of rotatable bonds is 1. The zero-order valence-corrected chi connectivity index (χ0v) is 6.96. The molecule has 0 amide bonds. The molecular formula is C9H11NO2. The Morgan fingerprint density at radius 3 is 2.67 bits per heavy atom. The Kier molecular flexibility index (Phi) is 1.78. The summed E-state index contributed by atoms with van der Waals surface area (Å²) < 4.78 is 10.8. The minimum absolute atomic E-state index is 0.639. The zero-order chi connectivity index (χ0) is 8.39. The van der Waals surface area contributed by atoms with Crippen LogP contribution in [0.3, 0.4) is 0 Å². The fraction of sp³-hybridized carbons (Fsp3) is 0.333. The molecule has 1 aliphatic heterocycles. The molecule has 2 rings (SSSR count). The molecule has 0 atom stereocenters. The van der Waals surface area contributed by atoms with Gasteiger partial charge in [0.2, 0.25) is 0 Å². The van der Waals surface area contributed by atoms with Crippen molar-refractivity contribution in [1.82, 2.24) is 0 Å². The summed E-state index contributed by atoms with van der Waals surface area (Å²) in [6.45, 7) is 1.28. The van der Waals surface area contributed by atoms with Gasteiger partial charge in [-0.1, -0.05) is 0 Å². The van der Waals surface area contributed by atoms with Crippen molar-refractivity contribution in [2.75, 3.05) is 25.6 Å². The van der Waals surface area contributed by atoms with E-state index in [1.54, 1.807) is 0 Å². The van der Waals surface area contributed by atoms with Gasteiger partial charge in [-0.3, -0.25) is 0 Å². The molecule has 12 heavy (non-hydrogen) atoms. The lowest BCUT2D eigenvalue weighted by molar-refractivity contribution is 0.171. The molecule has 64 valence electrons. The molecule has 0 unspecified atom stereocenters. The minimum atomic E-state index is 0.639. The second-order valence-electron chi connectivity index (χ2n) is 2.61. The van der Waals surface area contributed by atoms with Crippen LogP contribution in [0.4, 0.5) is 5.69 Å². The Hall–Kier alpha value is -1.38. The molecule has 1 aromatic carbocycles. The third-order valence-electron chi connectivity index (χ3n) is 1.83. The molecule has 1 heterocycles. The maximum Gasteiger partial charge on any atom is 0.163 e. The Labute approximate surface area is 71.3 Å². The van der Waals surface area contributed by atoms with E-state index in [2.05, 4.69) is 5.32 Å². The van der Waals surface area contributed by atoms with Gasteiger partial charge in [-0.15, -0.1) is 0 Å². The number of nitrogens with one attached hydrogen (secondary N) is 1. The Balaban J connectivity index is 2.36. The van der Waals surface area contributed by atoms with Gasteiger partial charge in [0.25, 0.3) is 0 Å². The van der Waals surface area contributed by atoms with Gasteiger partial charge in [0.15, 0.2) is 11.5 Å². The smallest absolute Gasteiger partial charge is 0.163 e. The highest BCUT2D eigenvalue weighted by atomic mass is 16.6. The monoisotopic (exact) mass is 165 g/mol. The Morgan fingerprint density at radius 1 is 1.17 bits per heavy atom. The molecule has 0 spiro atoms. The van der Waals surface area contributed by atoms with Crippen molar-refractivity contribution in [1.29, 1.82) is 0 Å². The molecule has 0 fully saturated rings. The van der Waals surface area contributed by atoms with E-state index in [-0.39, 0.29) is 0 Å². The SMILES string of the molecule is CNc1ccc2c(c1)OCCO2. The maximum absolute atomic E-state index is 5.40. The van der Waals surface area contributed by atoms with Gasteiger partial charge in [-0.05, 0) is 12.1 Å². The first-order valence-corrected chi connectivity index (χ1v) is 3.97. The first kappa shape index (κ1) is 7.28. The van der Waals surface area contributed by atoms with Gasteiger partial charge in [-0.25, -0.2) is 0 Å². The molecule has 0 radical (unpaired) electrons. The summed E-state index contributed by atoms with van der Waals surface area (Å²) in [6.07, 6.45) is 0. The molecule has 0 bridgehead atoms. The van der Waals surface area contributed by atoms with E-state index >= 15 is 0 Å². The fourth-order valence-corrected chi connectivity index (χ4v) is 1.20. The largest absolute Gasteiger partial charge is 0.486 e. The maximum atomic E-state index is 5.40. The molecule has 3 nitrogen and oxygen atoms in total. The van der Waals surface area contributed by atoms with Crippen LogP contribution in [0.2, 0.25) is 0 Å². The van der Waals surface area contributed by atoms with Crippen molar-refractivity contribution in [3.8, 4) is 11.5 Å². The summed E-state index contributed by atoms with van der Waals surface area (Å²) in [5, 5.41) is 3.04. The summed E-state index contributed by atoms with van der Waals surface area (Å²) in [4.78, 5) is 0. The lowest BCUT2D eigenvalue weighted by atomic mass is 10.2. The molecule has 0 saturated heterocycles. The standard InChI is InChI=1S/C9H11NO2/c1-10-7-2-3-8-9(6-7)12-5-4-11-8/h2-3,6,10H,4-5H2,1H3. The van der Waals surface area contributed by atoms with Gasteiger partial charge >= 0.3 is 0 Å². The predicted molar refractivity (Wildman–Crippen MR) is 47.0 cm³/mol. The van der Waals surface area contributed by atoms with E-state index in [0.717, 1.165) is 17.2 Å². The van der Waals surface area contributed by atoms with Gasteiger partial charge in [0.05, 0.1) is 0 Å². The number of benzene rings is 1. The van der Waals surface area contributed by atoms with Crippen LogP contribution in [0.5, 0.6) is 11.5 Å². The summed E-state index contributed by atoms with van der Waals surface area (Å²) in [5.74, 6) is 1.66. The van der Waals surface area contributed by atoms with Crippen LogP contribution >= 0.6 is 0 Å². The number of hydrogen-bond donors (Lipinski definition) is 1. The third-order valence-corrected chi connectivity index (χ3v) is 1.83. The Bertz CT molecular complexity index is 286. The minimum Gasteiger partial charge on any atom is -0.486 e. The topological polar surface area (TPSA) is 30.5 Å². The number of fused-ring (bicyclic) bond motifs is 1. The highest BCUT2D eigenvalue weighted by molar-refractivity contribution is 5.54. The van der Waals surface area contributed by atoms with Crippen LogP contribution in [-0.2, 0) is 0 Å². The first-order chi connectivity index (χ1) is 5.90. The zero-order valence-electron chi connectivity index (χ0n) is 6.96. The lowest BCUT2D eigenvalue weighted by Crippen LogP contribution is -2.15. The molecule has 0 aromatic heterocycles. The van der Waals surface area contributed by atoms with Crippen LogP contribution in [0.25, 0.3) is 0 Å². The van der Waals surface area contributed by atoms with Crippen LogP contribution in [0.15, 0.2) is 18.2 Å². The van der Waals surface area contributed by atoms with Gasteiger partial charge in [0, 0.05) is 18.8 Å². The molecule has 1 aliphatic rings. The summed E-state index contributed by atoms with van der Waals surface area (Å²) in [6, 6.07) is 5.82. The van der Waals surface area contributed by atoms with E-state index in [4.69, 9.17) is 9.47 Å². The van der Waals surface area contributed by atoms with Crippen LogP contribution in [-0.4, -0.2) is 20.3 Å². The van der Waals surface area contributed by atoms with Crippen molar-refractivity contribution in [3.63, 3.8) is 0 Å². The molecule has 0 saturated carbocycles. The van der Waals surface area contributed by atoms with Crippen molar-refractivity contribution < 1.29 is 9.47 Å². The molecule has 1 N–H and O–H groups in total. The van der Waals surface area contributed by atoms with Crippen molar-refractivity contribution in [2.45, 2.75) is 0 Å². The summed E-state index contributed by atoms with van der Waals surface area (Å²) in [5.41, 5.74) is 1.04. The van der Waals surface area contributed by atoms with Crippen LogP contribution in [0, 0.1) is 0 Å². The summed E-state index contributed by atoms with van der Waals surface area (Å²) >= 11 is 0. The van der Waals surface area contributed by atoms with Crippen LogP contribution < -0.4 is 14.8 Å². The highest BCUT2D eigenvalue weighted by Gasteiger charge is 2.10. The lowest BCUT2D eigenvalue weighted by Gasteiger charge is -2.18. The second kappa shape index (κ2) is 2.93. The first-order valence-electron chi connectivity index (χ1n) is 3.97. The van der Waals surface area contributed by atoms with Crippen molar-refractivity contribution in [3.05, 3.63) is 18.2 Å². The average Bonchev–Trinajstić information content (AvgIpc) is 2.17. The van der Waals surface area contributed by atoms with E-state index in [9.17, 15) is 0 Å². The fourth-order valence-electron chi connectivity index (χ4n) is 1.20. The second-order valence-corrected chi connectivity index (χ2v) is 2.61. The highest BCUT2D eigenvalue weighted by Crippen LogP contribution is 2.32. The van der Waals surface area contributed by atoms with Crippen molar-refractivity contribution >= 4 is 5.69 Å². The van der Waals surface area contributed by atoms with Gasteiger partial charge in [-0.2, -0.15) is 0 Å². The van der Waals surface area contributed by atoms with Crippen molar-refractivity contribution in [2.24, 2.45) is 0 Å². The quantitative estimate of drug-likeness (QED) is 0.684. The molecule has 0 aliphatic carbocycles. The van der Waals surface area contributed by atoms with Gasteiger partial charge in [0.1, 0.15) is 13.2 Å².